The van der Waals surface area contributed by atoms with Crippen LogP contribution in [0.4, 0.5) is 9.18 Å². The molecule has 2 atom stereocenters. The van der Waals surface area contributed by atoms with Crippen LogP contribution in [0.25, 0.3) is 11.4 Å². The Morgan fingerprint density at radius 3 is 2.71 bits per heavy atom. The van der Waals surface area contributed by atoms with Gasteiger partial charge in [0.05, 0.1) is 30.0 Å². The summed E-state index contributed by atoms with van der Waals surface area (Å²) in [4.78, 5) is 29.3. The van der Waals surface area contributed by atoms with Crippen molar-refractivity contribution in [2.45, 2.75) is 64.8 Å². The highest BCUT2D eigenvalue weighted by Crippen LogP contribution is 2.30. The van der Waals surface area contributed by atoms with Crippen LogP contribution in [0.1, 0.15) is 50.9 Å². The van der Waals surface area contributed by atoms with Crippen LogP contribution >= 0.6 is 0 Å². The Kier molecular flexibility index (Phi) is 7.73. The zero-order valence-corrected chi connectivity index (χ0v) is 20.2. The van der Waals surface area contributed by atoms with Gasteiger partial charge < -0.3 is 19.5 Å². The van der Waals surface area contributed by atoms with E-state index < -0.39 is 17.7 Å². The van der Waals surface area contributed by atoms with Crippen LogP contribution in [0.5, 0.6) is 5.75 Å². The number of aromatic nitrogens is 4. The molecule has 0 bridgehead atoms. The van der Waals surface area contributed by atoms with E-state index in [2.05, 4.69) is 15.3 Å². The maximum Gasteiger partial charge on any atom is 0.409 e. The number of aliphatic carboxylic acids is 1. The Morgan fingerprint density at radius 2 is 2.06 bits per heavy atom. The lowest BCUT2D eigenvalue weighted by atomic mass is 9.87. The molecule has 2 heterocycles. The van der Waals surface area contributed by atoms with E-state index in [9.17, 15) is 19.1 Å². The van der Waals surface area contributed by atoms with Crippen LogP contribution in [-0.2, 0) is 23.2 Å². The number of hydrogen-bond acceptors (Lipinski definition) is 7. The second-order valence-corrected chi connectivity index (χ2v) is 9.36. The van der Waals surface area contributed by atoms with E-state index >= 15 is 0 Å². The number of nitrogens with zero attached hydrogens (tertiary/aromatic N) is 5. The number of alkyl halides is 1. The molecule has 1 fully saturated rings. The van der Waals surface area contributed by atoms with Crippen molar-refractivity contribution in [1.29, 1.82) is 0 Å². The second-order valence-electron chi connectivity index (χ2n) is 9.36. The van der Waals surface area contributed by atoms with Gasteiger partial charge in [0.2, 0.25) is 0 Å². The first-order chi connectivity index (χ1) is 15.9. The van der Waals surface area contributed by atoms with E-state index in [1.807, 2.05) is 0 Å². The number of carboxylic acid groups (broad SMARTS) is 1. The number of hydrogen-bond donors (Lipinski definition) is 1. The number of rotatable bonds is 8. The Hall–Kier alpha value is -3.24. The van der Waals surface area contributed by atoms with Gasteiger partial charge in [-0.2, -0.15) is 0 Å². The number of carbonyl (C=O) groups excluding carboxylic acids is 1. The highest BCUT2D eigenvalue weighted by Gasteiger charge is 2.29. The molecular weight excluding hydrogens is 445 g/mol. The molecule has 2 aromatic heterocycles. The molecule has 0 aliphatic heterocycles. The third-order valence-corrected chi connectivity index (χ3v) is 5.75. The third-order valence-electron chi connectivity index (χ3n) is 5.75. The molecule has 3 rings (SSSR count). The minimum absolute atomic E-state index is 0.0985. The number of carbonyl (C=O) groups is 2. The fourth-order valence-electron chi connectivity index (χ4n) is 4.07. The van der Waals surface area contributed by atoms with Crippen LogP contribution in [0.3, 0.4) is 0 Å². The van der Waals surface area contributed by atoms with E-state index in [-0.39, 0.29) is 25.2 Å². The predicted octanol–water partition coefficient (Wildman–Crippen LogP) is 3.52. The largest absolute Gasteiger partial charge is 0.489 e. The van der Waals surface area contributed by atoms with Gasteiger partial charge in [-0.3, -0.25) is 4.79 Å². The second kappa shape index (κ2) is 10.4. The molecule has 0 aromatic carbocycles. The summed E-state index contributed by atoms with van der Waals surface area (Å²) >= 11 is 0. The minimum Gasteiger partial charge on any atom is -0.489 e. The Balaban J connectivity index is 1.69. The van der Waals surface area contributed by atoms with Crippen molar-refractivity contribution in [1.82, 2.24) is 24.9 Å². The van der Waals surface area contributed by atoms with E-state index in [0.29, 0.717) is 41.4 Å². The highest BCUT2D eigenvalue weighted by atomic mass is 19.1. The summed E-state index contributed by atoms with van der Waals surface area (Å²) in [6, 6.07) is 3.52. The van der Waals surface area contributed by atoms with Crippen LogP contribution in [-0.4, -0.2) is 67.4 Å². The zero-order chi connectivity index (χ0) is 25.0. The molecule has 0 radical (unpaired) electrons. The van der Waals surface area contributed by atoms with E-state index in [1.54, 1.807) is 26.1 Å². The molecule has 186 valence electrons. The summed E-state index contributed by atoms with van der Waals surface area (Å²) in [5.41, 5.74) is 0.632. The number of carboxylic acids is 1. The number of aryl methyl sites for hydroxylation is 2. The summed E-state index contributed by atoms with van der Waals surface area (Å²) in [7, 11) is 3.15. The molecule has 0 saturated heterocycles. The Labute approximate surface area is 198 Å². The third kappa shape index (κ3) is 6.42. The monoisotopic (exact) mass is 477 g/mol. The summed E-state index contributed by atoms with van der Waals surface area (Å²) in [5, 5.41) is 17.5. The van der Waals surface area contributed by atoms with Crippen LogP contribution in [0.15, 0.2) is 12.1 Å². The van der Waals surface area contributed by atoms with Gasteiger partial charge in [-0.05, 0) is 58.6 Å². The number of ether oxygens (including phenoxy) is 2. The molecule has 1 saturated carbocycles. The summed E-state index contributed by atoms with van der Waals surface area (Å²) in [5.74, 6) is -0.577. The molecule has 2 aromatic rings. The maximum atomic E-state index is 13.8. The molecule has 1 aliphatic carbocycles. The van der Waals surface area contributed by atoms with E-state index in [0.717, 1.165) is 12.8 Å². The van der Waals surface area contributed by atoms with Gasteiger partial charge in [-0.15, -0.1) is 5.10 Å². The van der Waals surface area contributed by atoms with E-state index in [4.69, 9.17) is 9.47 Å². The standard InChI is InChI=1S/C23H32FN5O5/c1-14-19(34-16-8-6-7-15(11-16)21(30)31)10-9-17(25-14)20-18(29(5)27-26-20)12-33-22(32)28(4)13-23(2,3)24/h9-10,15-16H,6-8,11-13H2,1-5H3,(H,30,31)/t15-,16-/m0/s1. The smallest absolute Gasteiger partial charge is 0.409 e. The quantitative estimate of drug-likeness (QED) is 0.613. The van der Waals surface area contributed by atoms with Gasteiger partial charge in [0, 0.05) is 14.1 Å². The Morgan fingerprint density at radius 1 is 1.32 bits per heavy atom. The van der Waals surface area contributed by atoms with Crippen molar-refractivity contribution in [3.05, 3.63) is 23.5 Å². The summed E-state index contributed by atoms with van der Waals surface area (Å²) in [6.07, 6.45) is 1.94. The average molecular weight is 478 g/mol. The van der Waals surface area contributed by atoms with Crippen molar-refractivity contribution >= 4 is 12.1 Å². The molecule has 1 aliphatic rings. The fourth-order valence-corrected chi connectivity index (χ4v) is 4.07. The predicted molar refractivity (Wildman–Crippen MR) is 121 cm³/mol. The lowest BCUT2D eigenvalue weighted by Gasteiger charge is -2.27. The average Bonchev–Trinajstić information content (AvgIpc) is 3.12. The van der Waals surface area contributed by atoms with Crippen molar-refractivity contribution in [3.8, 4) is 17.1 Å². The summed E-state index contributed by atoms with van der Waals surface area (Å²) < 4.78 is 26.7. The topological polar surface area (TPSA) is 120 Å². The molecule has 34 heavy (non-hydrogen) atoms. The summed E-state index contributed by atoms with van der Waals surface area (Å²) in [6.45, 7) is 4.38. The van der Waals surface area contributed by atoms with Gasteiger partial charge in [0.25, 0.3) is 0 Å². The molecule has 1 N–H and O–H groups in total. The van der Waals surface area contributed by atoms with Gasteiger partial charge >= 0.3 is 12.1 Å². The molecule has 1 amide bonds. The van der Waals surface area contributed by atoms with Crippen molar-refractivity contribution < 1.29 is 28.6 Å². The molecular formula is C23H32FN5O5. The van der Waals surface area contributed by atoms with Crippen molar-refractivity contribution in [2.24, 2.45) is 13.0 Å². The van der Waals surface area contributed by atoms with Crippen molar-refractivity contribution in [3.63, 3.8) is 0 Å². The highest BCUT2D eigenvalue weighted by molar-refractivity contribution is 5.70. The number of halogens is 1. The van der Waals surface area contributed by atoms with Crippen LogP contribution in [0.2, 0.25) is 0 Å². The van der Waals surface area contributed by atoms with E-state index in [1.165, 1.54) is 30.5 Å². The molecule has 0 spiro atoms. The van der Waals surface area contributed by atoms with Gasteiger partial charge in [-0.1, -0.05) is 5.21 Å². The van der Waals surface area contributed by atoms with Gasteiger partial charge in [-0.25, -0.2) is 18.9 Å². The molecule has 11 heteroatoms. The minimum atomic E-state index is -1.54. The maximum absolute atomic E-state index is 13.8. The van der Waals surface area contributed by atoms with Crippen molar-refractivity contribution in [2.75, 3.05) is 13.6 Å². The molecule has 10 nitrogen and oxygen atoms in total. The van der Waals surface area contributed by atoms with Gasteiger partial charge in [0.1, 0.15) is 29.4 Å². The van der Waals surface area contributed by atoms with Crippen LogP contribution < -0.4 is 4.74 Å². The van der Waals surface area contributed by atoms with Gasteiger partial charge in [0.15, 0.2) is 0 Å². The first-order valence-electron chi connectivity index (χ1n) is 11.3. The molecule has 0 unspecified atom stereocenters. The first-order valence-corrected chi connectivity index (χ1v) is 11.3. The van der Waals surface area contributed by atoms with Crippen LogP contribution in [0, 0.1) is 12.8 Å². The Bertz CT molecular complexity index is 1040. The lowest BCUT2D eigenvalue weighted by molar-refractivity contribution is -0.143. The zero-order valence-electron chi connectivity index (χ0n) is 20.2. The lowest BCUT2D eigenvalue weighted by Crippen LogP contribution is -2.37. The number of pyridine rings is 1. The SMILES string of the molecule is Cc1nc(-c2nnn(C)c2COC(=O)N(C)CC(C)(C)F)ccc1O[C@H]1CCC[C@H](C(=O)O)C1. The first kappa shape index (κ1) is 25.4. The normalized spacial score (nSPS) is 18.4. The number of amides is 1. The fraction of sp³-hybridized carbons (Fsp3) is 0.609.